The fourth-order valence-corrected chi connectivity index (χ4v) is 3.39. The highest BCUT2D eigenvalue weighted by Crippen LogP contribution is 2.35. The zero-order chi connectivity index (χ0) is 11.7. The highest BCUT2D eigenvalue weighted by Gasteiger charge is 2.38. The summed E-state index contributed by atoms with van der Waals surface area (Å²) in [7, 11) is 0. The monoisotopic (exact) mass is 295 g/mol. The Morgan fingerprint density at radius 1 is 1.29 bits per heavy atom. The molecule has 1 heterocycles. The highest BCUT2D eigenvalue weighted by molar-refractivity contribution is 9.10. The summed E-state index contributed by atoms with van der Waals surface area (Å²) >= 11 is 3.51. The van der Waals surface area contributed by atoms with E-state index in [-0.39, 0.29) is 6.10 Å². The number of hydrogen-bond acceptors (Lipinski definition) is 2. The van der Waals surface area contributed by atoms with Crippen LogP contribution in [-0.2, 0) is 4.74 Å². The average Bonchev–Trinajstić information content (AvgIpc) is 2.79. The second kappa shape index (κ2) is 4.71. The second-order valence-electron chi connectivity index (χ2n) is 5.22. The van der Waals surface area contributed by atoms with Gasteiger partial charge in [-0.05, 0) is 30.5 Å². The first-order chi connectivity index (χ1) is 8.27. The van der Waals surface area contributed by atoms with Gasteiger partial charge in [-0.15, -0.1) is 0 Å². The molecule has 1 atom stereocenters. The van der Waals surface area contributed by atoms with E-state index in [4.69, 9.17) is 4.74 Å². The molecule has 1 saturated carbocycles. The molecule has 3 rings (SSSR count). The quantitative estimate of drug-likeness (QED) is 0.857. The van der Waals surface area contributed by atoms with Gasteiger partial charge in [0.1, 0.15) is 0 Å². The summed E-state index contributed by atoms with van der Waals surface area (Å²) in [4.78, 5) is 0. The molecule has 1 unspecified atom stereocenters. The summed E-state index contributed by atoms with van der Waals surface area (Å²) in [5, 5.41) is 3.72. The van der Waals surface area contributed by atoms with Crippen molar-refractivity contribution in [2.45, 2.75) is 37.3 Å². The van der Waals surface area contributed by atoms with E-state index >= 15 is 0 Å². The Labute approximate surface area is 111 Å². The van der Waals surface area contributed by atoms with Crippen LogP contribution in [0.2, 0.25) is 0 Å². The van der Waals surface area contributed by atoms with Crippen molar-refractivity contribution in [2.24, 2.45) is 0 Å². The fourth-order valence-electron chi connectivity index (χ4n) is 2.97. The molecule has 1 aliphatic heterocycles. The summed E-state index contributed by atoms with van der Waals surface area (Å²) in [6.45, 7) is 1.81. The highest BCUT2D eigenvalue weighted by atomic mass is 79.9. The fraction of sp³-hybridized carbons (Fsp3) is 0.571. The Morgan fingerprint density at radius 3 is 2.76 bits per heavy atom. The van der Waals surface area contributed by atoms with Crippen molar-refractivity contribution in [3.8, 4) is 0 Å². The first-order valence-electron chi connectivity index (χ1n) is 6.40. The number of halogens is 1. The smallest absolute Gasteiger partial charge is 0.0950 e. The van der Waals surface area contributed by atoms with Gasteiger partial charge in [0.2, 0.25) is 0 Å². The lowest BCUT2D eigenvalue weighted by molar-refractivity contribution is -0.0326. The number of morpholine rings is 1. The molecule has 1 N–H and O–H groups in total. The van der Waals surface area contributed by atoms with Gasteiger partial charge < -0.3 is 10.1 Å². The molecule has 0 aromatic heterocycles. The van der Waals surface area contributed by atoms with E-state index in [0.29, 0.717) is 5.54 Å². The Hall–Kier alpha value is -0.380. The van der Waals surface area contributed by atoms with Crippen molar-refractivity contribution in [1.29, 1.82) is 0 Å². The van der Waals surface area contributed by atoms with Gasteiger partial charge in [0.25, 0.3) is 0 Å². The van der Waals surface area contributed by atoms with Gasteiger partial charge in [0.15, 0.2) is 0 Å². The summed E-state index contributed by atoms with van der Waals surface area (Å²) < 4.78 is 7.20. The maximum absolute atomic E-state index is 6.07. The third-order valence-electron chi connectivity index (χ3n) is 4.00. The standard InChI is InChI=1S/C14H18BrNO/c15-12-5-3-4-11(8-12)13-9-16-14(10-17-13)6-1-2-7-14/h3-5,8,13,16H,1-2,6-7,9-10H2. The molecular formula is C14H18BrNO. The van der Waals surface area contributed by atoms with Crippen LogP contribution in [0, 0.1) is 0 Å². The predicted molar refractivity (Wildman–Crippen MR) is 72.0 cm³/mol. The van der Waals surface area contributed by atoms with Crippen molar-refractivity contribution in [3.05, 3.63) is 34.3 Å². The maximum Gasteiger partial charge on any atom is 0.0950 e. The van der Waals surface area contributed by atoms with E-state index in [0.717, 1.165) is 17.6 Å². The van der Waals surface area contributed by atoms with Crippen LogP contribution < -0.4 is 5.32 Å². The molecule has 1 aromatic carbocycles. The molecule has 0 bridgehead atoms. The number of hydrogen-bond donors (Lipinski definition) is 1. The van der Waals surface area contributed by atoms with Gasteiger partial charge in [-0.1, -0.05) is 40.9 Å². The average molecular weight is 296 g/mol. The van der Waals surface area contributed by atoms with Crippen LogP contribution in [0.25, 0.3) is 0 Å². The van der Waals surface area contributed by atoms with E-state index in [1.165, 1.54) is 31.2 Å². The Bertz CT molecular complexity index is 391. The number of benzene rings is 1. The zero-order valence-corrected chi connectivity index (χ0v) is 11.5. The third-order valence-corrected chi connectivity index (χ3v) is 4.50. The molecule has 17 heavy (non-hydrogen) atoms. The lowest BCUT2D eigenvalue weighted by Gasteiger charge is -2.38. The Morgan fingerprint density at radius 2 is 2.12 bits per heavy atom. The first-order valence-corrected chi connectivity index (χ1v) is 7.19. The van der Waals surface area contributed by atoms with Crippen LogP contribution in [0.5, 0.6) is 0 Å². The van der Waals surface area contributed by atoms with E-state index in [1.807, 2.05) is 0 Å². The number of rotatable bonds is 1. The molecule has 3 heteroatoms. The minimum Gasteiger partial charge on any atom is -0.370 e. The lowest BCUT2D eigenvalue weighted by atomic mass is 9.95. The van der Waals surface area contributed by atoms with Crippen molar-refractivity contribution >= 4 is 15.9 Å². The van der Waals surface area contributed by atoms with Crippen molar-refractivity contribution in [1.82, 2.24) is 5.32 Å². The zero-order valence-electron chi connectivity index (χ0n) is 9.92. The predicted octanol–water partition coefficient (Wildman–Crippen LogP) is 3.42. The van der Waals surface area contributed by atoms with E-state index in [1.54, 1.807) is 0 Å². The maximum atomic E-state index is 6.07. The van der Waals surface area contributed by atoms with Crippen molar-refractivity contribution < 1.29 is 4.74 Å². The van der Waals surface area contributed by atoms with Crippen molar-refractivity contribution in [3.63, 3.8) is 0 Å². The molecule has 1 aromatic rings. The SMILES string of the molecule is Brc1cccc(C2CNC3(CCCC3)CO2)c1. The minimum atomic E-state index is 0.207. The summed E-state index contributed by atoms with van der Waals surface area (Å²) in [5.41, 5.74) is 1.56. The Balaban J connectivity index is 1.68. The normalized spacial score (nSPS) is 27.5. The molecule has 0 amide bonds. The van der Waals surface area contributed by atoms with Gasteiger partial charge in [-0.25, -0.2) is 0 Å². The third kappa shape index (κ3) is 2.42. The molecule has 1 spiro atoms. The van der Waals surface area contributed by atoms with Gasteiger partial charge in [0, 0.05) is 16.6 Å². The van der Waals surface area contributed by atoms with E-state index in [2.05, 4.69) is 45.5 Å². The van der Waals surface area contributed by atoms with Crippen molar-refractivity contribution in [2.75, 3.05) is 13.2 Å². The van der Waals surface area contributed by atoms with Crippen LogP contribution in [0.15, 0.2) is 28.7 Å². The van der Waals surface area contributed by atoms with Crippen LogP contribution in [0.3, 0.4) is 0 Å². The van der Waals surface area contributed by atoms with Gasteiger partial charge >= 0.3 is 0 Å². The molecule has 0 radical (unpaired) electrons. The molecule has 2 aliphatic rings. The summed E-state index contributed by atoms with van der Waals surface area (Å²) in [6.07, 6.45) is 5.45. The van der Waals surface area contributed by atoms with Crippen LogP contribution >= 0.6 is 15.9 Å². The largest absolute Gasteiger partial charge is 0.370 e. The Kier molecular flexibility index (Phi) is 3.24. The molecular weight excluding hydrogens is 278 g/mol. The molecule has 2 fully saturated rings. The molecule has 1 aliphatic carbocycles. The van der Waals surface area contributed by atoms with E-state index in [9.17, 15) is 0 Å². The minimum absolute atomic E-state index is 0.207. The van der Waals surface area contributed by atoms with Crippen LogP contribution in [0.1, 0.15) is 37.4 Å². The summed E-state index contributed by atoms with van der Waals surface area (Å²) in [6, 6.07) is 8.42. The number of ether oxygens (including phenoxy) is 1. The van der Waals surface area contributed by atoms with Gasteiger partial charge in [-0.2, -0.15) is 0 Å². The second-order valence-corrected chi connectivity index (χ2v) is 6.14. The van der Waals surface area contributed by atoms with Gasteiger partial charge in [-0.3, -0.25) is 0 Å². The number of nitrogens with one attached hydrogen (secondary N) is 1. The molecule has 92 valence electrons. The summed E-state index contributed by atoms with van der Waals surface area (Å²) in [5.74, 6) is 0. The van der Waals surface area contributed by atoms with Crippen LogP contribution in [0.4, 0.5) is 0 Å². The molecule has 1 saturated heterocycles. The lowest BCUT2D eigenvalue weighted by Crippen LogP contribution is -2.53. The van der Waals surface area contributed by atoms with Gasteiger partial charge in [0.05, 0.1) is 12.7 Å². The molecule has 2 nitrogen and oxygen atoms in total. The first kappa shape index (κ1) is 11.7. The van der Waals surface area contributed by atoms with E-state index < -0.39 is 0 Å². The topological polar surface area (TPSA) is 21.3 Å². The van der Waals surface area contributed by atoms with Crippen LogP contribution in [-0.4, -0.2) is 18.7 Å².